The minimum Gasteiger partial charge on any atom is -0.356 e. The van der Waals surface area contributed by atoms with Crippen LogP contribution in [0, 0.1) is 5.82 Å². The van der Waals surface area contributed by atoms with Gasteiger partial charge in [0, 0.05) is 26.2 Å². The average molecular weight is 320 g/mol. The normalized spacial score (nSPS) is 19.1. The van der Waals surface area contributed by atoms with Crippen LogP contribution in [-0.2, 0) is 6.42 Å². The zero-order valence-corrected chi connectivity index (χ0v) is 14.3. The second-order valence-electron chi connectivity index (χ2n) is 6.04. The van der Waals surface area contributed by atoms with Gasteiger partial charge in [-0.1, -0.05) is 19.1 Å². The number of hydrogen-bond acceptors (Lipinski definition) is 2. The Kier molecular flexibility index (Phi) is 7.33. The highest BCUT2D eigenvalue weighted by atomic mass is 19.1. The topological polar surface area (TPSA) is 39.7 Å². The second-order valence-corrected chi connectivity index (χ2v) is 6.04. The number of nitrogens with zero attached hydrogens (tertiary/aromatic N) is 2. The van der Waals surface area contributed by atoms with Crippen LogP contribution in [0.2, 0.25) is 0 Å². The van der Waals surface area contributed by atoms with Gasteiger partial charge in [-0.15, -0.1) is 0 Å². The Labute approximate surface area is 139 Å². The van der Waals surface area contributed by atoms with E-state index in [1.54, 1.807) is 19.2 Å². The van der Waals surface area contributed by atoms with Gasteiger partial charge in [-0.25, -0.2) is 4.39 Å². The van der Waals surface area contributed by atoms with Gasteiger partial charge in [-0.05, 0) is 56.5 Å². The number of halogens is 1. The molecular formula is C18H29FN4. The van der Waals surface area contributed by atoms with Gasteiger partial charge < -0.3 is 10.6 Å². The van der Waals surface area contributed by atoms with E-state index in [9.17, 15) is 4.39 Å². The zero-order chi connectivity index (χ0) is 16.5. The third-order valence-electron chi connectivity index (χ3n) is 4.46. The van der Waals surface area contributed by atoms with Crippen molar-refractivity contribution in [2.24, 2.45) is 4.99 Å². The molecule has 1 unspecified atom stereocenters. The summed E-state index contributed by atoms with van der Waals surface area (Å²) < 4.78 is 13.1. The molecule has 1 heterocycles. The molecule has 0 aliphatic carbocycles. The van der Waals surface area contributed by atoms with Gasteiger partial charge in [0.1, 0.15) is 5.82 Å². The molecule has 2 rings (SSSR count). The molecule has 0 spiro atoms. The molecule has 0 radical (unpaired) electrons. The molecule has 1 saturated heterocycles. The van der Waals surface area contributed by atoms with E-state index < -0.39 is 0 Å². The van der Waals surface area contributed by atoms with Crippen molar-refractivity contribution in [3.05, 3.63) is 35.6 Å². The summed E-state index contributed by atoms with van der Waals surface area (Å²) in [6, 6.07) is 7.43. The summed E-state index contributed by atoms with van der Waals surface area (Å²) in [6.07, 6.45) is 4.37. The van der Waals surface area contributed by atoms with Crippen molar-refractivity contribution in [2.75, 3.05) is 33.2 Å². The fourth-order valence-corrected chi connectivity index (χ4v) is 3.17. The number of nitrogens with one attached hydrogen (secondary N) is 2. The summed E-state index contributed by atoms with van der Waals surface area (Å²) in [4.78, 5) is 6.79. The summed E-state index contributed by atoms with van der Waals surface area (Å²) in [5.74, 6) is 0.692. The van der Waals surface area contributed by atoms with Crippen LogP contribution < -0.4 is 10.6 Å². The van der Waals surface area contributed by atoms with E-state index in [1.165, 1.54) is 25.5 Å². The summed E-state index contributed by atoms with van der Waals surface area (Å²) >= 11 is 0. The van der Waals surface area contributed by atoms with Gasteiger partial charge in [0.2, 0.25) is 0 Å². The second kappa shape index (κ2) is 9.50. The first kappa shape index (κ1) is 17.7. The lowest BCUT2D eigenvalue weighted by Crippen LogP contribution is -2.45. The van der Waals surface area contributed by atoms with E-state index in [1.807, 2.05) is 6.07 Å². The Morgan fingerprint density at radius 3 is 3.00 bits per heavy atom. The standard InChI is InChI=1S/C18H29FN4/c1-3-23-12-6-10-17(23)14-22-18(20-2)21-11-5-8-15-7-4-9-16(19)13-15/h4,7,9,13,17H,3,5-6,8,10-12,14H2,1-2H3,(H2,20,21,22). The molecule has 1 aliphatic heterocycles. The van der Waals surface area contributed by atoms with Crippen LogP contribution in [0.15, 0.2) is 29.3 Å². The molecule has 1 atom stereocenters. The first-order valence-corrected chi connectivity index (χ1v) is 8.66. The van der Waals surface area contributed by atoms with Crippen LogP contribution >= 0.6 is 0 Å². The molecule has 23 heavy (non-hydrogen) atoms. The van der Waals surface area contributed by atoms with Crippen LogP contribution in [0.5, 0.6) is 0 Å². The van der Waals surface area contributed by atoms with E-state index in [-0.39, 0.29) is 5.82 Å². The molecule has 0 bridgehead atoms. The smallest absolute Gasteiger partial charge is 0.191 e. The number of likely N-dealkylation sites (N-methyl/N-ethyl adjacent to an activating group) is 1. The number of aliphatic imine (C=N–C) groups is 1. The van der Waals surface area contributed by atoms with E-state index >= 15 is 0 Å². The van der Waals surface area contributed by atoms with Crippen LogP contribution in [0.3, 0.4) is 0 Å². The van der Waals surface area contributed by atoms with Gasteiger partial charge in [-0.3, -0.25) is 9.89 Å². The van der Waals surface area contributed by atoms with Gasteiger partial charge in [0.15, 0.2) is 5.96 Å². The third-order valence-corrected chi connectivity index (χ3v) is 4.46. The van der Waals surface area contributed by atoms with E-state index in [2.05, 4.69) is 27.4 Å². The molecule has 2 N–H and O–H groups in total. The monoisotopic (exact) mass is 320 g/mol. The maximum absolute atomic E-state index is 13.1. The van der Waals surface area contributed by atoms with Crippen LogP contribution in [0.4, 0.5) is 4.39 Å². The van der Waals surface area contributed by atoms with Crippen molar-refractivity contribution >= 4 is 5.96 Å². The summed E-state index contributed by atoms with van der Waals surface area (Å²) in [7, 11) is 1.80. The number of rotatable bonds is 7. The lowest BCUT2D eigenvalue weighted by molar-refractivity contribution is 0.267. The van der Waals surface area contributed by atoms with Gasteiger partial charge in [0.05, 0.1) is 0 Å². The molecular weight excluding hydrogens is 291 g/mol. The fourth-order valence-electron chi connectivity index (χ4n) is 3.17. The van der Waals surface area contributed by atoms with Crippen molar-refractivity contribution in [2.45, 2.75) is 38.6 Å². The summed E-state index contributed by atoms with van der Waals surface area (Å²) in [5, 5.41) is 6.76. The predicted molar refractivity (Wildman–Crippen MR) is 94.4 cm³/mol. The molecule has 1 aliphatic rings. The number of aryl methyl sites for hydroxylation is 1. The van der Waals surface area contributed by atoms with Crippen molar-refractivity contribution < 1.29 is 4.39 Å². The molecule has 1 aromatic carbocycles. The maximum atomic E-state index is 13.1. The van der Waals surface area contributed by atoms with Gasteiger partial charge in [0.25, 0.3) is 0 Å². The SMILES string of the molecule is CCN1CCCC1CNC(=NC)NCCCc1cccc(F)c1. The molecule has 4 nitrogen and oxygen atoms in total. The Morgan fingerprint density at radius 1 is 1.39 bits per heavy atom. The molecule has 5 heteroatoms. The third kappa shape index (κ3) is 5.82. The van der Waals surface area contributed by atoms with Crippen LogP contribution in [-0.4, -0.2) is 50.1 Å². The highest BCUT2D eigenvalue weighted by Gasteiger charge is 2.22. The minimum absolute atomic E-state index is 0.162. The van der Waals surface area contributed by atoms with Crippen molar-refractivity contribution in [3.8, 4) is 0 Å². The van der Waals surface area contributed by atoms with E-state index in [4.69, 9.17) is 0 Å². The number of likely N-dealkylation sites (tertiary alicyclic amines) is 1. The van der Waals surface area contributed by atoms with Crippen LogP contribution in [0.25, 0.3) is 0 Å². The van der Waals surface area contributed by atoms with Crippen molar-refractivity contribution in [1.82, 2.24) is 15.5 Å². The quantitative estimate of drug-likeness (QED) is 0.460. The Balaban J connectivity index is 1.65. The molecule has 0 aromatic heterocycles. The Morgan fingerprint density at radius 2 is 2.26 bits per heavy atom. The first-order chi connectivity index (χ1) is 11.2. The van der Waals surface area contributed by atoms with E-state index in [0.29, 0.717) is 6.04 Å². The maximum Gasteiger partial charge on any atom is 0.191 e. The molecule has 128 valence electrons. The number of hydrogen-bond donors (Lipinski definition) is 2. The van der Waals surface area contributed by atoms with Gasteiger partial charge >= 0.3 is 0 Å². The molecule has 0 saturated carbocycles. The number of benzene rings is 1. The lowest BCUT2D eigenvalue weighted by Gasteiger charge is -2.24. The highest BCUT2D eigenvalue weighted by molar-refractivity contribution is 5.79. The minimum atomic E-state index is -0.162. The molecule has 1 fully saturated rings. The average Bonchev–Trinajstić information content (AvgIpc) is 3.02. The van der Waals surface area contributed by atoms with Crippen LogP contribution in [0.1, 0.15) is 31.7 Å². The fraction of sp³-hybridized carbons (Fsp3) is 0.611. The highest BCUT2D eigenvalue weighted by Crippen LogP contribution is 2.15. The van der Waals surface area contributed by atoms with Crippen molar-refractivity contribution in [1.29, 1.82) is 0 Å². The first-order valence-electron chi connectivity index (χ1n) is 8.66. The lowest BCUT2D eigenvalue weighted by atomic mass is 10.1. The summed E-state index contributed by atoms with van der Waals surface area (Å²) in [5.41, 5.74) is 1.04. The van der Waals surface area contributed by atoms with Gasteiger partial charge in [-0.2, -0.15) is 0 Å². The Bertz CT molecular complexity index is 504. The number of guanidine groups is 1. The van der Waals surface area contributed by atoms with E-state index in [0.717, 1.165) is 44.0 Å². The predicted octanol–water partition coefficient (Wildman–Crippen LogP) is 2.41. The van der Waals surface area contributed by atoms with Crippen molar-refractivity contribution in [3.63, 3.8) is 0 Å². The zero-order valence-electron chi connectivity index (χ0n) is 14.3. The Hall–Kier alpha value is -1.62. The molecule has 0 amide bonds. The largest absolute Gasteiger partial charge is 0.356 e. The molecule has 1 aromatic rings. The summed E-state index contributed by atoms with van der Waals surface area (Å²) in [6.45, 7) is 6.32.